The van der Waals surface area contributed by atoms with Crippen LogP contribution < -0.4 is 0 Å². The maximum absolute atomic E-state index is 12.2. The normalized spacial score (nSPS) is 24.1. The van der Waals surface area contributed by atoms with Crippen molar-refractivity contribution < 1.29 is 14.7 Å². The lowest BCUT2D eigenvalue weighted by atomic mass is 9.77. The van der Waals surface area contributed by atoms with E-state index in [-0.39, 0.29) is 17.2 Å². The largest absolute Gasteiger partial charge is 0.383 e. The van der Waals surface area contributed by atoms with Gasteiger partial charge in [-0.2, -0.15) is 0 Å². The molecule has 5 nitrogen and oxygen atoms in total. The van der Waals surface area contributed by atoms with E-state index in [1.807, 2.05) is 14.0 Å². The van der Waals surface area contributed by atoms with Crippen molar-refractivity contribution in [3.8, 4) is 0 Å². The van der Waals surface area contributed by atoms with Crippen molar-refractivity contribution in [2.75, 3.05) is 26.7 Å². The smallest absolute Gasteiger partial charge is 0.251 e. The van der Waals surface area contributed by atoms with E-state index in [0.717, 1.165) is 32.2 Å². The highest BCUT2D eigenvalue weighted by atomic mass is 16.3. The van der Waals surface area contributed by atoms with Crippen molar-refractivity contribution in [1.29, 1.82) is 0 Å². The van der Waals surface area contributed by atoms with Gasteiger partial charge in [-0.15, -0.1) is 0 Å². The number of nitrogens with zero attached hydrogens (tertiary/aromatic N) is 2. The molecule has 2 aliphatic heterocycles. The molecule has 0 unspecified atom stereocenters. The van der Waals surface area contributed by atoms with Crippen LogP contribution in [0.1, 0.15) is 39.0 Å². The monoisotopic (exact) mass is 268 g/mol. The maximum atomic E-state index is 12.2. The molecule has 0 aromatic heterocycles. The van der Waals surface area contributed by atoms with Crippen molar-refractivity contribution in [3.63, 3.8) is 0 Å². The molecular formula is C14H24N2O3. The molecule has 2 rings (SSSR count). The zero-order valence-electron chi connectivity index (χ0n) is 11.9. The maximum Gasteiger partial charge on any atom is 0.251 e. The van der Waals surface area contributed by atoms with E-state index < -0.39 is 6.10 Å². The van der Waals surface area contributed by atoms with E-state index in [4.69, 9.17) is 0 Å². The van der Waals surface area contributed by atoms with Gasteiger partial charge in [0.2, 0.25) is 5.91 Å². The molecule has 2 heterocycles. The Bertz CT molecular complexity index is 362. The highest BCUT2D eigenvalue weighted by Crippen LogP contribution is 2.41. The van der Waals surface area contributed by atoms with Gasteiger partial charge in [0.1, 0.15) is 6.10 Å². The molecule has 0 bridgehead atoms. The lowest BCUT2D eigenvalue weighted by Gasteiger charge is -2.38. The van der Waals surface area contributed by atoms with Gasteiger partial charge in [-0.1, -0.05) is 13.3 Å². The van der Waals surface area contributed by atoms with Crippen LogP contribution in [0.2, 0.25) is 0 Å². The zero-order chi connectivity index (χ0) is 14.0. The first kappa shape index (κ1) is 14.3. The Balaban J connectivity index is 1.92. The predicted octanol–water partition coefficient (Wildman–Crippen LogP) is 0.618. The van der Waals surface area contributed by atoms with Crippen LogP contribution in [0.5, 0.6) is 0 Å². The predicted molar refractivity (Wildman–Crippen MR) is 71.4 cm³/mol. The molecule has 2 aliphatic rings. The quantitative estimate of drug-likeness (QED) is 0.816. The number of rotatable bonds is 3. The summed E-state index contributed by atoms with van der Waals surface area (Å²) in [7, 11) is 1.85. The molecule has 1 spiro atoms. The molecule has 0 radical (unpaired) electrons. The van der Waals surface area contributed by atoms with Gasteiger partial charge in [-0.05, 0) is 25.7 Å². The second-order valence-electron chi connectivity index (χ2n) is 5.89. The summed E-state index contributed by atoms with van der Waals surface area (Å²) in [6.07, 6.45) is 2.82. The molecule has 2 saturated heterocycles. The van der Waals surface area contributed by atoms with Gasteiger partial charge < -0.3 is 14.9 Å². The molecule has 0 aromatic carbocycles. The second-order valence-corrected chi connectivity index (χ2v) is 5.89. The van der Waals surface area contributed by atoms with Gasteiger partial charge in [-0.3, -0.25) is 9.59 Å². The molecule has 0 saturated carbocycles. The highest BCUT2D eigenvalue weighted by Gasteiger charge is 2.47. The first-order valence-corrected chi connectivity index (χ1v) is 7.22. The zero-order valence-corrected chi connectivity index (χ0v) is 11.9. The summed E-state index contributed by atoms with van der Waals surface area (Å²) in [5.74, 6) is 0.0595. The van der Waals surface area contributed by atoms with Crippen LogP contribution in [0, 0.1) is 5.41 Å². The third kappa shape index (κ3) is 2.61. The van der Waals surface area contributed by atoms with Gasteiger partial charge in [0.25, 0.3) is 5.91 Å². The van der Waals surface area contributed by atoms with Crippen LogP contribution in [-0.4, -0.2) is 59.5 Å². The van der Waals surface area contributed by atoms with Crippen molar-refractivity contribution in [2.24, 2.45) is 5.41 Å². The van der Waals surface area contributed by atoms with E-state index >= 15 is 0 Å². The Labute approximate surface area is 114 Å². The van der Waals surface area contributed by atoms with Crippen LogP contribution in [0.15, 0.2) is 0 Å². The van der Waals surface area contributed by atoms with Crippen LogP contribution >= 0.6 is 0 Å². The van der Waals surface area contributed by atoms with Crippen molar-refractivity contribution in [2.45, 2.75) is 45.1 Å². The summed E-state index contributed by atoms with van der Waals surface area (Å²) >= 11 is 0. The minimum atomic E-state index is -0.874. The summed E-state index contributed by atoms with van der Waals surface area (Å²) < 4.78 is 0. The van der Waals surface area contributed by atoms with Crippen LogP contribution in [0.4, 0.5) is 0 Å². The molecule has 0 aliphatic carbocycles. The van der Waals surface area contributed by atoms with E-state index in [2.05, 4.69) is 0 Å². The number of likely N-dealkylation sites (tertiary alicyclic amines) is 2. The van der Waals surface area contributed by atoms with Gasteiger partial charge in [0, 0.05) is 26.7 Å². The Morgan fingerprint density at radius 3 is 2.37 bits per heavy atom. The summed E-state index contributed by atoms with van der Waals surface area (Å²) in [6.45, 7) is 3.97. The van der Waals surface area contributed by atoms with Crippen molar-refractivity contribution in [1.82, 2.24) is 9.80 Å². The Kier molecular flexibility index (Phi) is 4.13. The summed E-state index contributed by atoms with van der Waals surface area (Å²) in [5, 5.41) is 9.75. The third-order valence-electron chi connectivity index (χ3n) is 4.61. The van der Waals surface area contributed by atoms with Gasteiger partial charge in [0.15, 0.2) is 0 Å². The molecule has 108 valence electrons. The number of aliphatic hydroxyl groups is 1. The fourth-order valence-corrected chi connectivity index (χ4v) is 3.22. The van der Waals surface area contributed by atoms with Crippen LogP contribution in [0.25, 0.3) is 0 Å². The fraction of sp³-hybridized carbons (Fsp3) is 0.857. The topological polar surface area (TPSA) is 60.9 Å². The molecule has 1 atom stereocenters. The fourth-order valence-electron chi connectivity index (χ4n) is 3.22. The molecule has 1 N–H and O–H groups in total. The highest BCUT2D eigenvalue weighted by molar-refractivity contribution is 5.85. The molecule has 19 heavy (non-hydrogen) atoms. The number of amides is 2. The summed E-state index contributed by atoms with van der Waals surface area (Å²) in [5.41, 5.74) is -0.235. The Morgan fingerprint density at radius 1 is 1.32 bits per heavy atom. The van der Waals surface area contributed by atoms with Crippen LogP contribution in [0.3, 0.4) is 0 Å². The lowest BCUT2D eigenvalue weighted by Crippen LogP contribution is -2.49. The van der Waals surface area contributed by atoms with Gasteiger partial charge in [0.05, 0.1) is 5.41 Å². The minimum absolute atomic E-state index is 0.171. The molecule has 5 heteroatoms. The Morgan fingerprint density at radius 2 is 1.89 bits per heavy atom. The van der Waals surface area contributed by atoms with Crippen molar-refractivity contribution in [3.05, 3.63) is 0 Å². The molecular weight excluding hydrogens is 244 g/mol. The number of carbonyl (C=O) groups is 2. The van der Waals surface area contributed by atoms with E-state index in [9.17, 15) is 14.7 Å². The summed E-state index contributed by atoms with van der Waals surface area (Å²) in [6, 6.07) is 0. The number of hydrogen-bond donors (Lipinski definition) is 1. The number of carbonyl (C=O) groups excluding carboxylic acids is 2. The SMILES string of the molecule is CCC[C@H](O)C(=O)N1CCC2(CCN(C)C2=O)CC1. The van der Waals surface area contributed by atoms with E-state index in [1.165, 1.54) is 0 Å². The third-order valence-corrected chi connectivity index (χ3v) is 4.61. The van der Waals surface area contributed by atoms with Gasteiger partial charge in [-0.25, -0.2) is 0 Å². The van der Waals surface area contributed by atoms with E-state index in [1.54, 1.807) is 9.80 Å². The number of piperidine rings is 1. The first-order valence-electron chi connectivity index (χ1n) is 7.22. The van der Waals surface area contributed by atoms with Crippen LogP contribution in [-0.2, 0) is 9.59 Å². The summed E-state index contributed by atoms with van der Waals surface area (Å²) in [4.78, 5) is 27.7. The minimum Gasteiger partial charge on any atom is -0.383 e. The molecule has 0 aromatic rings. The standard InChI is InChI=1S/C14H24N2O3/c1-3-4-11(17)12(18)16-9-6-14(7-10-16)5-8-15(2)13(14)19/h11,17H,3-10H2,1-2H3/t11-/m0/s1. The first-order chi connectivity index (χ1) is 9.00. The van der Waals surface area contributed by atoms with Crippen molar-refractivity contribution >= 4 is 11.8 Å². The lowest BCUT2D eigenvalue weighted by molar-refractivity contribution is -0.147. The molecule has 2 amide bonds. The van der Waals surface area contributed by atoms with Gasteiger partial charge >= 0.3 is 0 Å². The second kappa shape index (κ2) is 5.49. The molecule has 2 fully saturated rings. The van der Waals surface area contributed by atoms with E-state index in [0.29, 0.717) is 19.5 Å². The Hall–Kier alpha value is -1.10. The number of aliphatic hydroxyl groups excluding tert-OH is 1. The number of hydrogen-bond acceptors (Lipinski definition) is 3. The average molecular weight is 268 g/mol. The average Bonchev–Trinajstić information content (AvgIpc) is 2.68.